The summed E-state index contributed by atoms with van der Waals surface area (Å²) in [5.41, 5.74) is 1.03. The molecule has 0 aliphatic carbocycles. The molecule has 1 atom stereocenters. The quantitative estimate of drug-likeness (QED) is 0.848. The number of hydrogen-bond donors (Lipinski definition) is 2. The minimum absolute atomic E-state index is 0.222. The lowest BCUT2D eigenvalue weighted by molar-refractivity contribution is 0.408. The predicted octanol–water partition coefficient (Wildman–Crippen LogP) is 2.38. The summed E-state index contributed by atoms with van der Waals surface area (Å²) in [6.45, 7) is 2.91. The van der Waals surface area contributed by atoms with Crippen molar-refractivity contribution in [2.24, 2.45) is 0 Å². The minimum Gasteiger partial charge on any atom is -0.489 e. The van der Waals surface area contributed by atoms with Gasteiger partial charge in [0, 0.05) is 6.54 Å². The van der Waals surface area contributed by atoms with Crippen LogP contribution in [-0.4, -0.2) is 23.6 Å². The number of aromatic amines is 1. The molecule has 2 N–H and O–H groups in total. The van der Waals surface area contributed by atoms with Crippen molar-refractivity contribution >= 4 is 5.82 Å². The topological polar surface area (TPSA) is 67.0 Å². The smallest absolute Gasteiger partial charge is 0.295 e. The Balaban J connectivity index is 1.94. The summed E-state index contributed by atoms with van der Waals surface area (Å²) in [6, 6.07) is 10.3. The number of methoxy groups -OCH3 is 1. The van der Waals surface area contributed by atoms with Crippen molar-refractivity contribution in [1.29, 1.82) is 0 Å². The summed E-state index contributed by atoms with van der Waals surface area (Å²) >= 11 is 0. The molecule has 2 rings (SSSR count). The molecule has 0 radical (unpaired) electrons. The molecule has 0 spiro atoms. The first-order valence-corrected chi connectivity index (χ1v) is 6.63. The molecule has 0 saturated carbocycles. The van der Waals surface area contributed by atoms with Crippen molar-refractivity contribution in [3.63, 3.8) is 0 Å². The summed E-state index contributed by atoms with van der Waals surface area (Å²) in [6.07, 6.45) is 2.31. The van der Waals surface area contributed by atoms with E-state index >= 15 is 0 Å². The third-order valence-electron chi connectivity index (χ3n) is 3.25. The summed E-state index contributed by atoms with van der Waals surface area (Å²) in [7, 11) is 1.46. The maximum absolute atomic E-state index is 11.5. The molecule has 1 aromatic carbocycles. The Morgan fingerprint density at radius 3 is 2.80 bits per heavy atom. The third-order valence-corrected chi connectivity index (χ3v) is 3.25. The molecule has 2 aromatic rings. The molecule has 0 aliphatic heterocycles. The lowest BCUT2D eigenvalue weighted by Gasteiger charge is -2.13. The number of nitrogens with zero attached hydrogens (tertiary/aromatic N) is 1. The molecule has 20 heavy (non-hydrogen) atoms. The zero-order chi connectivity index (χ0) is 14.4. The first-order chi connectivity index (χ1) is 9.72. The normalized spacial score (nSPS) is 11.9. The lowest BCUT2D eigenvalue weighted by Crippen LogP contribution is -2.15. The number of aromatic nitrogens is 2. The number of nitrogens with one attached hydrogen (secondary N) is 2. The van der Waals surface area contributed by atoms with Gasteiger partial charge in [0.05, 0.1) is 13.4 Å². The zero-order valence-electron chi connectivity index (χ0n) is 11.7. The SMILES string of the molecule is COc1c(NCCC(C)c2ccccc2)nc[nH]c1=O. The third kappa shape index (κ3) is 3.38. The average Bonchev–Trinajstić information content (AvgIpc) is 2.48. The van der Waals surface area contributed by atoms with Gasteiger partial charge in [0.2, 0.25) is 5.75 Å². The van der Waals surface area contributed by atoms with Crippen LogP contribution in [0.4, 0.5) is 5.82 Å². The van der Waals surface area contributed by atoms with Crippen molar-refractivity contribution in [2.75, 3.05) is 19.0 Å². The fourth-order valence-corrected chi connectivity index (χ4v) is 2.06. The van der Waals surface area contributed by atoms with Crippen molar-refractivity contribution in [1.82, 2.24) is 9.97 Å². The standard InChI is InChI=1S/C15H19N3O2/c1-11(12-6-4-3-5-7-12)8-9-16-14-13(20-2)15(19)18-10-17-14/h3-7,10-11H,8-9H2,1-2H3,(H2,16,17,18,19). The Hall–Kier alpha value is -2.30. The van der Waals surface area contributed by atoms with Crippen LogP contribution < -0.4 is 15.6 Å². The van der Waals surface area contributed by atoms with Gasteiger partial charge in [-0.3, -0.25) is 4.79 Å². The zero-order valence-corrected chi connectivity index (χ0v) is 11.7. The second-order valence-corrected chi connectivity index (χ2v) is 4.64. The first kappa shape index (κ1) is 14.1. The number of benzene rings is 1. The maximum atomic E-state index is 11.5. The molecule has 0 saturated heterocycles. The van der Waals surface area contributed by atoms with Gasteiger partial charge in [-0.15, -0.1) is 0 Å². The maximum Gasteiger partial charge on any atom is 0.295 e. The van der Waals surface area contributed by atoms with E-state index in [2.05, 4.69) is 34.3 Å². The van der Waals surface area contributed by atoms with Crippen molar-refractivity contribution in [2.45, 2.75) is 19.3 Å². The van der Waals surface area contributed by atoms with E-state index in [1.807, 2.05) is 18.2 Å². The predicted molar refractivity (Wildman–Crippen MR) is 79.4 cm³/mol. The number of H-pyrrole nitrogens is 1. The molecule has 5 heteroatoms. The van der Waals surface area contributed by atoms with Crippen LogP contribution in [0.1, 0.15) is 24.8 Å². The van der Waals surface area contributed by atoms with Gasteiger partial charge in [0.15, 0.2) is 5.82 Å². The monoisotopic (exact) mass is 273 g/mol. The van der Waals surface area contributed by atoms with Gasteiger partial charge in [-0.25, -0.2) is 4.98 Å². The van der Waals surface area contributed by atoms with E-state index in [4.69, 9.17) is 4.74 Å². The second kappa shape index (κ2) is 6.75. The van der Waals surface area contributed by atoms with E-state index in [0.29, 0.717) is 11.7 Å². The molecule has 5 nitrogen and oxygen atoms in total. The summed E-state index contributed by atoms with van der Waals surface area (Å²) < 4.78 is 5.05. The van der Waals surface area contributed by atoms with Crippen LogP contribution in [0, 0.1) is 0 Å². The Bertz CT molecular complexity index is 596. The molecule has 0 bridgehead atoms. The molecular weight excluding hydrogens is 254 g/mol. The van der Waals surface area contributed by atoms with E-state index in [1.165, 1.54) is 19.0 Å². The molecular formula is C15H19N3O2. The van der Waals surface area contributed by atoms with Crippen LogP contribution in [0.5, 0.6) is 5.75 Å². The van der Waals surface area contributed by atoms with Gasteiger partial charge < -0.3 is 15.0 Å². The van der Waals surface area contributed by atoms with E-state index in [1.54, 1.807) is 0 Å². The fourth-order valence-electron chi connectivity index (χ4n) is 2.06. The van der Waals surface area contributed by atoms with Crippen LogP contribution in [-0.2, 0) is 0 Å². The average molecular weight is 273 g/mol. The largest absolute Gasteiger partial charge is 0.489 e. The van der Waals surface area contributed by atoms with E-state index in [-0.39, 0.29) is 11.3 Å². The van der Waals surface area contributed by atoms with E-state index in [9.17, 15) is 4.79 Å². The first-order valence-electron chi connectivity index (χ1n) is 6.63. The molecule has 1 aromatic heterocycles. The Labute approximate surface area is 118 Å². The second-order valence-electron chi connectivity index (χ2n) is 4.64. The molecule has 106 valence electrons. The molecule has 1 heterocycles. The fraction of sp³-hybridized carbons (Fsp3) is 0.333. The Kier molecular flexibility index (Phi) is 4.76. The minimum atomic E-state index is -0.277. The van der Waals surface area contributed by atoms with Gasteiger partial charge in [-0.1, -0.05) is 37.3 Å². The van der Waals surface area contributed by atoms with Crippen LogP contribution in [0.15, 0.2) is 41.5 Å². The highest BCUT2D eigenvalue weighted by atomic mass is 16.5. The highest BCUT2D eigenvalue weighted by Gasteiger charge is 2.09. The highest BCUT2D eigenvalue weighted by Crippen LogP contribution is 2.19. The van der Waals surface area contributed by atoms with Gasteiger partial charge in [-0.05, 0) is 17.9 Å². The molecule has 0 aliphatic rings. The van der Waals surface area contributed by atoms with Crippen LogP contribution in [0.25, 0.3) is 0 Å². The van der Waals surface area contributed by atoms with Crippen LogP contribution >= 0.6 is 0 Å². The van der Waals surface area contributed by atoms with E-state index < -0.39 is 0 Å². The van der Waals surface area contributed by atoms with Gasteiger partial charge >= 0.3 is 0 Å². The lowest BCUT2D eigenvalue weighted by atomic mass is 9.98. The molecule has 1 unspecified atom stereocenters. The van der Waals surface area contributed by atoms with Crippen molar-refractivity contribution in [3.05, 3.63) is 52.6 Å². The van der Waals surface area contributed by atoms with Crippen LogP contribution in [0.2, 0.25) is 0 Å². The number of ether oxygens (including phenoxy) is 1. The van der Waals surface area contributed by atoms with Gasteiger partial charge in [0.25, 0.3) is 5.56 Å². The summed E-state index contributed by atoms with van der Waals surface area (Å²) in [5, 5.41) is 3.15. The number of anilines is 1. The van der Waals surface area contributed by atoms with Gasteiger partial charge in [0.1, 0.15) is 0 Å². The van der Waals surface area contributed by atoms with E-state index in [0.717, 1.165) is 13.0 Å². The Morgan fingerprint density at radius 2 is 2.10 bits per heavy atom. The summed E-state index contributed by atoms with van der Waals surface area (Å²) in [5.74, 6) is 1.15. The number of hydrogen-bond acceptors (Lipinski definition) is 4. The molecule has 0 amide bonds. The van der Waals surface area contributed by atoms with Crippen molar-refractivity contribution < 1.29 is 4.74 Å². The van der Waals surface area contributed by atoms with Crippen LogP contribution in [0.3, 0.4) is 0 Å². The van der Waals surface area contributed by atoms with Gasteiger partial charge in [-0.2, -0.15) is 0 Å². The summed E-state index contributed by atoms with van der Waals surface area (Å²) in [4.78, 5) is 18.1. The molecule has 0 fully saturated rings. The number of rotatable bonds is 6. The Morgan fingerprint density at radius 1 is 1.35 bits per heavy atom. The highest BCUT2D eigenvalue weighted by molar-refractivity contribution is 5.47. The van der Waals surface area contributed by atoms with Crippen molar-refractivity contribution in [3.8, 4) is 5.75 Å².